The minimum atomic E-state index is -0.0719. The van der Waals surface area contributed by atoms with E-state index in [0.29, 0.717) is 12.5 Å². The van der Waals surface area contributed by atoms with Crippen LogP contribution in [0.2, 0.25) is 0 Å². The van der Waals surface area contributed by atoms with Gasteiger partial charge in [0.1, 0.15) is 5.75 Å². The first-order valence-electron chi connectivity index (χ1n) is 13.7. The summed E-state index contributed by atoms with van der Waals surface area (Å²) in [7, 11) is 1.69. The van der Waals surface area contributed by atoms with E-state index in [1.807, 2.05) is 18.2 Å². The summed E-state index contributed by atoms with van der Waals surface area (Å²) in [4.78, 5) is 18.2. The number of hydrogen-bond acceptors (Lipinski definition) is 3. The first-order chi connectivity index (χ1) is 17.6. The van der Waals surface area contributed by atoms with Crippen LogP contribution in [-0.4, -0.2) is 48.1 Å². The number of carbonyl (C=O) groups excluding carboxylic acids is 1. The number of nitrogens with zero attached hydrogens (tertiary/aromatic N) is 2. The van der Waals surface area contributed by atoms with Crippen LogP contribution in [0.5, 0.6) is 5.75 Å². The Morgan fingerprint density at radius 2 is 1.78 bits per heavy atom. The molecule has 5 rings (SSSR count). The summed E-state index contributed by atoms with van der Waals surface area (Å²) in [5, 5.41) is 3.91. The first-order valence-corrected chi connectivity index (χ1v) is 13.7. The molecule has 5 heteroatoms. The summed E-state index contributed by atoms with van der Waals surface area (Å²) in [5.74, 6) is 1.52. The molecule has 0 aromatic heterocycles. The quantitative estimate of drug-likeness (QED) is 0.325. The van der Waals surface area contributed by atoms with Crippen LogP contribution in [0.1, 0.15) is 62.5 Å². The molecule has 0 radical (unpaired) electrons. The lowest BCUT2D eigenvalue weighted by Crippen LogP contribution is -2.56. The molecule has 2 saturated carbocycles. The van der Waals surface area contributed by atoms with Crippen molar-refractivity contribution in [3.8, 4) is 5.75 Å². The van der Waals surface area contributed by atoms with Crippen LogP contribution in [0.15, 0.2) is 67.3 Å². The molecule has 0 atom stereocenters. The highest BCUT2D eigenvalue weighted by molar-refractivity contribution is 5.78. The molecule has 3 aliphatic rings. The Morgan fingerprint density at radius 1 is 1.06 bits per heavy atom. The Balaban J connectivity index is 1.37. The zero-order valence-electron chi connectivity index (χ0n) is 21.8. The van der Waals surface area contributed by atoms with Crippen molar-refractivity contribution < 1.29 is 9.53 Å². The number of carbonyl (C=O) groups is 1. The van der Waals surface area contributed by atoms with Crippen molar-refractivity contribution in [3.05, 3.63) is 78.4 Å². The third-order valence-corrected chi connectivity index (χ3v) is 8.93. The molecule has 2 amide bonds. The normalized spacial score (nSPS) is 26.3. The van der Waals surface area contributed by atoms with Gasteiger partial charge in [-0.15, -0.1) is 6.58 Å². The van der Waals surface area contributed by atoms with E-state index in [-0.39, 0.29) is 17.1 Å². The van der Waals surface area contributed by atoms with E-state index in [1.54, 1.807) is 7.11 Å². The molecule has 2 aromatic rings. The molecule has 36 heavy (non-hydrogen) atoms. The smallest absolute Gasteiger partial charge is 0.320 e. The number of benzene rings is 2. The molecule has 1 N–H and O–H groups in total. The lowest BCUT2D eigenvalue weighted by molar-refractivity contribution is 0.0563. The van der Waals surface area contributed by atoms with Crippen molar-refractivity contribution in [2.75, 3.05) is 26.7 Å². The highest BCUT2D eigenvalue weighted by Gasteiger charge is 2.54. The Morgan fingerprint density at radius 3 is 2.39 bits per heavy atom. The molecule has 192 valence electrons. The minimum absolute atomic E-state index is 0.0376. The van der Waals surface area contributed by atoms with E-state index in [4.69, 9.17) is 4.74 Å². The fourth-order valence-corrected chi connectivity index (χ4v) is 6.47. The van der Waals surface area contributed by atoms with Gasteiger partial charge < -0.3 is 19.9 Å². The van der Waals surface area contributed by atoms with Crippen molar-refractivity contribution in [1.29, 1.82) is 0 Å². The highest BCUT2D eigenvalue weighted by atomic mass is 16.5. The van der Waals surface area contributed by atoms with E-state index in [9.17, 15) is 4.79 Å². The third kappa shape index (κ3) is 4.90. The SMILES string of the molecule is C=CCCNC1(c2ccccc2)CCC2(CC1)CN(Cc1ccc(OC)cc1)C(=O)N2CC1CCC1. The predicted octanol–water partition coefficient (Wildman–Crippen LogP) is 6.11. The molecular weight excluding hydrogens is 446 g/mol. The number of amides is 2. The largest absolute Gasteiger partial charge is 0.497 e. The van der Waals surface area contributed by atoms with Crippen LogP contribution < -0.4 is 10.1 Å². The second-order valence-electron chi connectivity index (χ2n) is 11.1. The zero-order valence-corrected chi connectivity index (χ0v) is 21.8. The Kier molecular flexibility index (Phi) is 7.38. The lowest BCUT2D eigenvalue weighted by Gasteiger charge is -2.49. The van der Waals surface area contributed by atoms with Gasteiger partial charge in [-0.2, -0.15) is 0 Å². The summed E-state index contributed by atoms with van der Waals surface area (Å²) in [6, 6.07) is 19.3. The Hall–Kier alpha value is -2.79. The molecular formula is C31H41N3O2. The van der Waals surface area contributed by atoms with E-state index in [0.717, 1.165) is 63.1 Å². The Bertz CT molecular complexity index is 1020. The van der Waals surface area contributed by atoms with E-state index in [2.05, 4.69) is 64.2 Å². The lowest BCUT2D eigenvalue weighted by atomic mass is 9.68. The third-order valence-electron chi connectivity index (χ3n) is 8.93. The van der Waals surface area contributed by atoms with Crippen molar-refractivity contribution in [3.63, 3.8) is 0 Å². The van der Waals surface area contributed by atoms with Crippen LogP contribution in [0.3, 0.4) is 0 Å². The van der Waals surface area contributed by atoms with Gasteiger partial charge in [0.25, 0.3) is 0 Å². The van der Waals surface area contributed by atoms with Crippen molar-refractivity contribution in [2.45, 2.75) is 69.0 Å². The summed E-state index contributed by atoms with van der Waals surface area (Å²) in [5.41, 5.74) is 2.42. The molecule has 5 nitrogen and oxygen atoms in total. The maximum atomic E-state index is 13.8. The topological polar surface area (TPSA) is 44.8 Å². The van der Waals surface area contributed by atoms with E-state index in [1.165, 1.54) is 24.8 Å². The number of methoxy groups -OCH3 is 1. The average Bonchev–Trinajstić information content (AvgIpc) is 3.14. The van der Waals surface area contributed by atoms with Gasteiger partial charge in [-0.05, 0) is 80.7 Å². The van der Waals surface area contributed by atoms with Gasteiger partial charge >= 0.3 is 6.03 Å². The summed E-state index contributed by atoms with van der Waals surface area (Å²) < 4.78 is 5.32. The number of nitrogens with one attached hydrogen (secondary N) is 1. The van der Waals surface area contributed by atoms with E-state index < -0.39 is 0 Å². The second kappa shape index (κ2) is 10.7. The van der Waals surface area contributed by atoms with Gasteiger partial charge in [0.15, 0.2) is 0 Å². The molecule has 1 saturated heterocycles. The Labute approximate surface area is 216 Å². The molecule has 0 unspecified atom stereocenters. The fourth-order valence-electron chi connectivity index (χ4n) is 6.47. The summed E-state index contributed by atoms with van der Waals surface area (Å²) in [6.45, 7) is 7.24. The van der Waals surface area contributed by atoms with Crippen LogP contribution in [0.4, 0.5) is 4.79 Å². The molecule has 1 aliphatic heterocycles. The second-order valence-corrected chi connectivity index (χ2v) is 11.1. The van der Waals surface area contributed by atoms with Crippen molar-refractivity contribution in [1.82, 2.24) is 15.1 Å². The first kappa shape index (κ1) is 24.9. The fraction of sp³-hybridized carbons (Fsp3) is 0.516. The van der Waals surface area contributed by atoms with Crippen molar-refractivity contribution >= 4 is 6.03 Å². The molecule has 2 aromatic carbocycles. The number of hydrogen-bond donors (Lipinski definition) is 1. The minimum Gasteiger partial charge on any atom is -0.497 e. The summed E-state index contributed by atoms with van der Waals surface area (Å²) >= 11 is 0. The summed E-state index contributed by atoms with van der Waals surface area (Å²) in [6.07, 6.45) is 10.9. The van der Waals surface area contributed by atoms with E-state index >= 15 is 0 Å². The maximum absolute atomic E-state index is 13.8. The standard InChI is InChI=1S/C31H41N3O2/c1-3-4-21-32-31(27-11-6-5-7-12-27)19-17-30(18-20-31)24-33(22-26-13-15-28(36-2)16-14-26)29(35)34(30)23-25-9-8-10-25/h3,5-7,11-16,25,32H,1,4,8-10,17-24H2,2H3. The number of ether oxygens (including phenoxy) is 1. The maximum Gasteiger partial charge on any atom is 0.320 e. The predicted molar refractivity (Wildman–Crippen MR) is 145 cm³/mol. The monoisotopic (exact) mass is 487 g/mol. The van der Waals surface area contributed by atoms with Gasteiger partial charge in [0.2, 0.25) is 0 Å². The van der Waals surface area contributed by atoms with Gasteiger partial charge in [-0.25, -0.2) is 4.79 Å². The molecule has 0 bridgehead atoms. The van der Waals surface area contributed by atoms with Crippen LogP contribution in [0, 0.1) is 5.92 Å². The van der Waals surface area contributed by atoms with Crippen LogP contribution in [0.25, 0.3) is 0 Å². The van der Waals surface area contributed by atoms with Crippen molar-refractivity contribution in [2.24, 2.45) is 5.92 Å². The molecule has 1 heterocycles. The van der Waals surface area contributed by atoms with Gasteiger partial charge in [-0.1, -0.05) is 55.0 Å². The van der Waals surface area contributed by atoms with Gasteiger partial charge in [-0.3, -0.25) is 0 Å². The van der Waals surface area contributed by atoms with Gasteiger partial charge in [0, 0.05) is 25.2 Å². The van der Waals surface area contributed by atoms with Crippen LogP contribution >= 0.6 is 0 Å². The van der Waals surface area contributed by atoms with Crippen LogP contribution in [-0.2, 0) is 12.1 Å². The number of rotatable bonds is 10. The zero-order chi connectivity index (χ0) is 25.0. The highest BCUT2D eigenvalue weighted by Crippen LogP contribution is 2.48. The number of urea groups is 1. The molecule has 2 aliphatic carbocycles. The molecule has 1 spiro atoms. The average molecular weight is 488 g/mol. The van der Waals surface area contributed by atoms with Gasteiger partial charge in [0.05, 0.1) is 12.6 Å². The molecule has 3 fully saturated rings.